The van der Waals surface area contributed by atoms with Crippen molar-refractivity contribution in [1.82, 2.24) is 15.1 Å². The van der Waals surface area contributed by atoms with Crippen LogP contribution in [-0.2, 0) is 7.05 Å². The number of aromatic nitrogens is 2. The van der Waals surface area contributed by atoms with E-state index < -0.39 is 12.7 Å². The molecule has 0 aromatic carbocycles. The highest BCUT2D eigenvalue weighted by Crippen LogP contribution is 2.25. The second kappa shape index (κ2) is 5.08. The highest BCUT2D eigenvalue weighted by molar-refractivity contribution is 5.28. The maximum atomic E-state index is 12.2. The van der Waals surface area contributed by atoms with Gasteiger partial charge >= 0.3 is 6.18 Å². The van der Waals surface area contributed by atoms with Gasteiger partial charge in [-0.05, 0) is 20.3 Å². The van der Waals surface area contributed by atoms with Crippen LogP contribution in [0.4, 0.5) is 13.2 Å². The van der Waals surface area contributed by atoms with Gasteiger partial charge in [0.2, 0.25) is 0 Å². The minimum absolute atomic E-state index is 0.301. The van der Waals surface area contributed by atoms with Crippen LogP contribution in [0.3, 0.4) is 0 Å². The summed E-state index contributed by atoms with van der Waals surface area (Å²) in [4.78, 5) is 0. The zero-order valence-electron chi connectivity index (χ0n) is 10.5. The molecule has 1 heterocycles. The Labute approximate surface area is 99.0 Å². The second-order valence-corrected chi connectivity index (χ2v) is 4.17. The predicted molar refractivity (Wildman–Crippen MR) is 59.8 cm³/mol. The van der Waals surface area contributed by atoms with E-state index in [0.717, 1.165) is 17.0 Å². The molecule has 17 heavy (non-hydrogen) atoms. The first-order valence-corrected chi connectivity index (χ1v) is 5.56. The summed E-state index contributed by atoms with van der Waals surface area (Å²) in [5.41, 5.74) is 2.56. The molecule has 1 rings (SSSR count). The van der Waals surface area contributed by atoms with Crippen LogP contribution in [0, 0.1) is 13.8 Å². The normalized spacial score (nSPS) is 14.1. The van der Waals surface area contributed by atoms with Crippen LogP contribution in [0.5, 0.6) is 0 Å². The van der Waals surface area contributed by atoms with Crippen molar-refractivity contribution in [3.63, 3.8) is 0 Å². The Hall–Kier alpha value is -1.04. The number of nitrogens with zero attached hydrogens (tertiary/aromatic N) is 2. The van der Waals surface area contributed by atoms with Gasteiger partial charge in [-0.15, -0.1) is 0 Å². The Morgan fingerprint density at radius 1 is 1.35 bits per heavy atom. The first kappa shape index (κ1) is 14.0. The number of rotatable bonds is 4. The summed E-state index contributed by atoms with van der Waals surface area (Å²) < 4.78 is 38.3. The Morgan fingerprint density at radius 2 is 1.94 bits per heavy atom. The van der Waals surface area contributed by atoms with Gasteiger partial charge in [0, 0.05) is 24.3 Å². The van der Waals surface area contributed by atoms with E-state index in [4.69, 9.17) is 0 Å². The molecule has 0 amide bonds. The second-order valence-electron chi connectivity index (χ2n) is 4.17. The van der Waals surface area contributed by atoms with Crippen LogP contribution < -0.4 is 5.32 Å². The van der Waals surface area contributed by atoms with Gasteiger partial charge in [0.15, 0.2) is 0 Å². The van der Waals surface area contributed by atoms with Crippen molar-refractivity contribution in [3.05, 3.63) is 17.0 Å². The van der Waals surface area contributed by atoms with Crippen LogP contribution >= 0.6 is 0 Å². The zero-order valence-corrected chi connectivity index (χ0v) is 10.5. The van der Waals surface area contributed by atoms with E-state index in [0.29, 0.717) is 6.42 Å². The van der Waals surface area contributed by atoms with Gasteiger partial charge < -0.3 is 5.32 Å². The Bertz CT molecular complexity index is 382. The molecule has 98 valence electrons. The molecule has 0 radical (unpaired) electrons. The van der Waals surface area contributed by atoms with E-state index in [-0.39, 0.29) is 6.04 Å². The third kappa shape index (κ3) is 3.46. The fourth-order valence-electron chi connectivity index (χ4n) is 1.98. The van der Waals surface area contributed by atoms with Gasteiger partial charge in [0.1, 0.15) is 0 Å². The molecule has 0 saturated carbocycles. The predicted octanol–water partition coefficient (Wildman–Crippen LogP) is 2.64. The van der Waals surface area contributed by atoms with E-state index in [1.165, 1.54) is 0 Å². The minimum atomic E-state index is -4.18. The maximum absolute atomic E-state index is 12.2. The van der Waals surface area contributed by atoms with Crippen molar-refractivity contribution in [3.8, 4) is 0 Å². The van der Waals surface area contributed by atoms with Crippen LogP contribution in [0.1, 0.15) is 36.3 Å². The van der Waals surface area contributed by atoms with Crippen LogP contribution in [0.2, 0.25) is 0 Å². The summed E-state index contributed by atoms with van der Waals surface area (Å²) in [6.45, 7) is 4.58. The number of aryl methyl sites for hydroxylation is 2. The summed E-state index contributed by atoms with van der Waals surface area (Å²) in [5, 5.41) is 6.76. The molecule has 0 saturated heterocycles. The summed E-state index contributed by atoms with van der Waals surface area (Å²) in [7, 11) is 1.79. The molecule has 1 aromatic rings. The van der Waals surface area contributed by atoms with Gasteiger partial charge in [0.05, 0.1) is 12.2 Å². The molecule has 0 bridgehead atoms. The SMILES string of the molecule is CCC(NCC(F)(F)F)c1c(C)nn(C)c1C. The van der Waals surface area contributed by atoms with E-state index in [9.17, 15) is 13.2 Å². The molecule has 1 atom stereocenters. The van der Waals surface area contributed by atoms with Crippen molar-refractivity contribution >= 4 is 0 Å². The molecule has 0 spiro atoms. The molecule has 1 unspecified atom stereocenters. The summed E-state index contributed by atoms with van der Waals surface area (Å²) in [6.07, 6.45) is -3.58. The lowest BCUT2D eigenvalue weighted by Crippen LogP contribution is -2.32. The smallest absolute Gasteiger partial charge is 0.302 e. The quantitative estimate of drug-likeness (QED) is 0.889. The Kier molecular flexibility index (Phi) is 4.19. The third-order valence-electron chi connectivity index (χ3n) is 2.87. The molecule has 1 aromatic heterocycles. The topological polar surface area (TPSA) is 29.9 Å². The van der Waals surface area contributed by atoms with Gasteiger partial charge in [-0.2, -0.15) is 18.3 Å². The number of hydrogen-bond donors (Lipinski definition) is 1. The highest BCUT2D eigenvalue weighted by atomic mass is 19.4. The van der Waals surface area contributed by atoms with Crippen molar-refractivity contribution in [2.45, 2.75) is 39.4 Å². The van der Waals surface area contributed by atoms with E-state index in [1.54, 1.807) is 11.7 Å². The lowest BCUT2D eigenvalue weighted by molar-refractivity contribution is -0.126. The molecular weight excluding hydrogens is 231 g/mol. The zero-order chi connectivity index (χ0) is 13.2. The number of halogens is 3. The standard InChI is InChI=1S/C11H18F3N3/c1-5-9(15-6-11(12,13)14)10-7(2)16-17(4)8(10)3/h9,15H,5-6H2,1-4H3. The number of hydrogen-bond acceptors (Lipinski definition) is 2. The van der Waals surface area contributed by atoms with Crippen LogP contribution in [0.15, 0.2) is 0 Å². The van der Waals surface area contributed by atoms with Crippen molar-refractivity contribution in [1.29, 1.82) is 0 Å². The fraction of sp³-hybridized carbons (Fsp3) is 0.727. The van der Waals surface area contributed by atoms with Crippen molar-refractivity contribution < 1.29 is 13.2 Å². The molecule has 0 aliphatic carbocycles. The van der Waals surface area contributed by atoms with E-state index >= 15 is 0 Å². The summed E-state index contributed by atoms with van der Waals surface area (Å²) in [5.74, 6) is 0. The minimum Gasteiger partial charge on any atom is -0.302 e. The first-order chi connectivity index (χ1) is 7.76. The average molecular weight is 249 g/mol. The number of alkyl halides is 3. The summed E-state index contributed by atoms with van der Waals surface area (Å²) in [6, 6.07) is -0.301. The van der Waals surface area contributed by atoms with Crippen molar-refractivity contribution in [2.75, 3.05) is 6.54 Å². The molecule has 0 fully saturated rings. The van der Waals surface area contributed by atoms with E-state index in [2.05, 4.69) is 10.4 Å². The van der Waals surface area contributed by atoms with Crippen molar-refractivity contribution in [2.24, 2.45) is 7.05 Å². The summed E-state index contributed by atoms with van der Waals surface area (Å²) >= 11 is 0. The van der Waals surface area contributed by atoms with Crippen LogP contribution in [0.25, 0.3) is 0 Å². The highest BCUT2D eigenvalue weighted by Gasteiger charge is 2.29. The molecular formula is C11H18F3N3. The monoisotopic (exact) mass is 249 g/mol. The molecule has 0 aliphatic heterocycles. The maximum Gasteiger partial charge on any atom is 0.401 e. The Balaban J connectivity index is 2.87. The van der Waals surface area contributed by atoms with Gasteiger partial charge in [0.25, 0.3) is 0 Å². The first-order valence-electron chi connectivity index (χ1n) is 5.56. The molecule has 1 N–H and O–H groups in total. The lowest BCUT2D eigenvalue weighted by atomic mass is 10.0. The third-order valence-corrected chi connectivity index (χ3v) is 2.87. The molecule has 3 nitrogen and oxygen atoms in total. The van der Waals surface area contributed by atoms with Gasteiger partial charge in [-0.1, -0.05) is 6.92 Å². The molecule has 0 aliphatic rings. The molecule has 6 heteroatoms. The number of nitrogens with one attached hydrogen (secondary N) is 1. The fourth-order valence-corrected chi connectivity index (χ4v) is 1.98. The average Bonchev–Trinajstić information content (AvgIpc) is 2.43. The van der Waals surface area contributed by atoms with E-state index in [1.807, 2.05) is 20.8 Å². The van der Waals surface area contributed by atoms with Gasteiger partial charge in [-0.3, -0.25) is 4.68 Å². The lowest BCUT2D eigenvalue weighted by Gasteiger charge is -2.19. The van der Waals surface area contributed by atoms with Gasteiger partial charge in [-0.25, -0.2) is 0 Å². The Morgan fingerprint density at radius 3 is 2.29 bits per heavy atom. The largest absolute Gasteiger partial charge is 0.401 e. The van der Waals surface area contributed by atoms with Crippen LogP contribution in [-0.4, -0.2) is 22.5 Å².